The summed E-state index contributed by atoms with van der Waals surface area (Å²) in [6.45, 7) is 2.71. The summed E-state index contributed by atoms with van der Waals surface area (Å²) in [6, 6.07) is 0. The van der Waals surface area contributed by atoms with Crippen LogP contribution in [0.25, 0.3) is 0 Å². The molecular weight excluding hydrogens is 212 g/mol. The van der Waals surface area contributed by atoms with Crippen LogP contribution in [0.1, 0.15) is 64.7 Å². The van der Waals surface area contributed by atoms with Crippen LogP contribution in [0.15, 0.2) is 12.2 Å². The third-order valence-corrected chi connectivity index (χ3v) is 3.24. The summed E-state index contributed by atoms with van der Waals surface area (Å²) in [4.78, 5) is 11.4. The number of carbonyl (C=O) groups is 1. The van der Waals surface area contributed by atoms with Crippen molar-refractivity contribution < 1.29 is 9.53 Å². The Morgan fingerprint density at radius 1 is 1.06 bits per heavy atom. The van der Waals surface area contributed by atoms with Gasteiger partial charge in [0.1, 0.15) is 0 Å². The molecule has 0 aromatic heterocycles. The Morgan fingerprint density at radius 3 is 2.59 bits per heavy atom. The molecule has 2 heteroatoms. The molecule has 0 aromatic carbocycles. The Kier molecular flexibility index (Phi) is 7.78. The minimum absolute atomic E-state index is 0.0179. The second kappa shape index (κ2) is 9.26. The minimum atomic E-state index is -0.0179. The average Bonchev–Trinajstić information content (AvgIpc) is 2.33. The van der Waals surface area contributed by atoms with Gasteiger partial charge in [-0.05, 0) is 31.6 Å². The fraction of sp³-hybridized carbons (Fsp3) is 0.800. The predicted octanol–water partition coefficient (Wildman–Crippen LogP) is 4.25. The summed E-state index contributed by atoms with van der Waals surface area (Å²) < 4.78 is 5.26. The van der Waals surface area contributed by atoms with Gasteiger partial charge in [-0.2, -0.15) is 0 Å². The molecule has 0 aliphatic carbocycles. The van der Waals surface area contributed by atoms with Gasteiger partial charge < -0.3 is 4.74 Å². The Hall–Kier alpha value is -0.790. The second-order valence-corrected chi connectivity index (χ2v) is 5.16. The fourth-order valence-electron chi connectivity index (χ4n) is 2.06. The van der Waals surface area contributed by atoms with Crippen molar-refractivity contribution in [1.82, 2.24) is 0 Å². The maximum atomic E-state index is 11.4. The Morgan fingerprint density at radius 2 is 1.76 bits per heavy atom. The van der Waals surface area contributed by atoms with E-state index in [1.54, 1.807) is 0 Å². The Balaban J connectivity index is 2.30. The van der Waals surface area contributed by atoms with E-state index >= 15 is 0 Å². The molecule has 1 aliphatic rings. The van der Waals surface area contributed by atoms with Crippen molar-refractivity contribution in [3.05, 3.63) is 12.2 Å². The van der Waals surface area contributed by atoms with E-state index in [1.165, 1.54) is 38.5 Å². The Bertz CT molecular complexity index is 233. The van der Waals surface area contributed by atoms with Crippen LogP contribution in [-0.2, 0) is 9.53 Å². The highest BCUT2D eigenvalue weighted by Crippen LogP contribution is 2.12. The lowest BCUT2D eigenvalue weighted by Gasteiger charge is -2.09. The van der Waals surface area contributed by atoms with E-state index in [0.29, 0.717) is 18.9 Å². The van der Waals surface area contributed by atoms with Crippen LogP contribution in [0.3, 0.4) is 0 Å². The third kappa shape index (κ3) is 8.00. The van der Waals surface area contributed by atoms with Crippen LogP contribution in [0, 0.1) is 5.92 Å². The van der Waals surface area contributed by atoms with Crippen LogP contribution < -0.4 is 0 Å². The maximum absolute atomic E-state index is 11.4. The van der Waals surface area contributed by atoms with Crippen LogP contribution in [0.4, 0.5) is 0 Å². The molecular formula is C15H26O2. The lowest BCUT2D eigenvalue weighted by Crippen LogP contribution is -2.11. The monoisotopic (exact) mass is 238 g/mol. The molecule has 1 heterocycles. The number of ether oxygens (including phenoxy) is 1. The van der Waals surface area contributed by atoms with Gasteiger partial charge in [0, 0.05) is 6.42 Å². The van der Waals surface area contributed by atoms with Gasteiger partial charge in [-0.3, -0.25) is 4.79 Å². The molecule has 0 saturated carbocycles. The summed E-state index contributed by atoms with van der Waals surface area (Å²) in [5, 5.41) is 0. The van der Waals surface area contributed by atoms with Crippen LogP contribution in [-0.4, -0.2) is 12.6 Å². The molecule has 0 N–H and O–H groups in total. The molecule has 1 unspecified atom stereocenters. The first kappa shape index (κ1) is 14.3. The average molecular weight is 238 g/mol. The highest BCUT2D eigenvalue weighted by atomic mass is 16.5. The van der Waals surface area contributed by atoms with Gasteiger partial charge in [-0.25, -0.2) is 0 Å². The zero-order valence-corrected chi connectivity index (χ0v) is 11.1. The number of hydrogen-bond acceptors (Lipinski definition) is 2. The van der Waals surface area contributed by atoms with E-state index in [4.69, 9.17) is 4.74 Å². The van der Waals surface area contributed by atoms with Crippen molar-refractivity contribution in [1.29, 1.82) is 0 Å². The number of esters is 1. The van der Waals surface area contributed by atoms with Crippen molar-refractivity contribution >= 4 is 5.97 Å². The zero-order valence-electron chi connectivity index (χ0n) is 11.1. The topological polar surface area (TPSA) is 26.3 Å². The quantitative estimate of drug-likeness (QED) is 0.466. The van der Waals surface area contributed by atoms with Crippen molar-refractivity contribution in [2.24, 2.45) is 5.92 Å². The standard InChI is InChI=1S/C15H26O2/c1-14-11-9-7-5-3-2-4-6-8-10-12-15(16)17-13-14/h7,9,14H,2-6,8,10-13H2,1H3. The molecule has 0 aromatic rings. The lowest BCUT2D eigenvalue weighted by molar-refractivity contribution is -0.145. The first-order valence-corrected chi connectivity index (χ1v) is 7.09. The number of allylic oxidation sites excluding steroid dienone is 2. The number of carbonyl (C=O) groups excluding carboxylic acids is 1. The molecule has 17 heavy (non-hydrogen) atoms. The SMILES string of the molecule is CC1CC=CCCCCCCCCC(=O)OC1. The second-order valence-electron chi connectivity index (χ2n) is 5.16. The molecule has 0 spiro atoms. The molecule has 1 atom stereocenters. The summed E-state index contributed by atoms with van der Waals surface area (Å²) in [5.74, 6) is 0.427. The molecule has 2 nitrogen and oxygen atoms in total. The minimum Gasteiger partial charge on any atom is -0.465 e. The molecule has 98 valence electrons. The van der Waals surface area contributed by atoms with Crippen LogP contribution >= 0.6 is 0 Å². The highest BCUT2D eigenvalue weighted by molar-refractivity contribution is 5.69. The first-order valence-electron chi connectivity index (χ1n) is 7.09. The number of hydrogen-bond donors (Lipinski definition) is 0. The van der Waals surface area contributed by atoms with Gasteiger partial charge in [-0.1, -0.05) is 44.8 Å². The van der Waals surface area contributed by atoms with E-state index in [2.05, 4.69) is 19.1 Å². The predicted molar refractivity (Wildman–Crippen MR) is 70.8 cm³/mol. The van der Waals surface area contributed by atoms with E-state index in [0.717, 1.165) is 12.8 Å². The highest BCUT2D eigenvalue weighted by Gasteiger charge is 2.06. The molecule has 0 fully saturated rings. The van der Waals surface area contributed by atoms with E-state index in [1.807, 2.05) is 0 Å². The lowest BCUT2D eigenvalue weighted by atomic mass is 10.1. The fourth-order valence-corrected chi connectivity index (χ4v) is 2.06. The van der Waals surface area contributed by atoms with Crippen LogP contribution in [0.2, 0.25) is 0 Å². The molecule has 0 radical (unpaired) electrons. The summed E-state index contributed by atoms with van der Waals surface area (Å²) in [5.41, 5.74) is 0. The van der Waals surface area contributed by atoms with Gasteiger partial charge in [-0.15, -0.1) is 0 Å². The normalized spacial score (nSPS) is 25.7. The van der Waals surface area contributed by atoms with Gasteiger partial charge in [0.05, 0.1) is 6.61 Å². The molecule has 0 amide bonds. The van der Waals surface area contributed by atoms with Gasteiger partial charge in [0.25, 0.3) is 0 Å². The Labute approximate surface area is 105 Å². The van der Waals surface area contributed by atoms with Crippen molar-refractivity contribution in [3.63, 3.8) is 0 Å². The molecule has 1 rings (SSSR count). The molecule has 0 bridgehead atoms. The zero-order chi connectivity index (χ0) is 12.3. The molecule has 0 saturated heterocycles. The van der Waals surface area contributed by atoms with Gasteiger partial charge >= 0.3 is 5.97 Å². The van der Waals surface area contributed by atoms with E-state index in [9.17, 15) is 4.79 Å². The van der Waals surface area contributed by atoms with Gasteiger partial charge in [0.2, 0.25) is 0 Å². The number of rotatable bonds is 0. The first-order chi connectivity index (χ1) is 8.29. The van der Waals surface area contributed by atoms with Crippen LogP contribution in [0.5, 0.6) is 0 Å². The van der Waals surface area contributed by atoms with Crippen molar-refractivity contribution in [2.75, 3.05) is 6.61 Å². The van der Waals surface area contributed by atoms with Gasteiger partial charge in [0.15, 0.2) is 0 Å². The van der Waals surface area contributed by atoms with E-state index in [-0.39, 0.29) is 5.97 Å². The van der Waals surface area contributed by atoms with Crippen molar-refractivity contribution in [2.45, 2.75) is 64.7 Å². The maximum Gasteiger partial charge on any atom is 0.305 e. The smallest absolute Gasteiger partial charge is 0.305 e. The van der Waals surface area contributed by atoms with Crippen molar-refractivity contribution in [3.8, 4) is 0 Å². The number of cyclic esters (lactones) is 1. The summed E-state index contributed by atoms with van der Waals surface area (Å²) in [6.07, 6.45) is 14.7. The molecule has 1 aliphatic heterocycles. The largest absolute Gasteiger partial charge is 0.465 e. The third-order valence-electron chi connectivity index (χ3n) is 3.24. The van der Waals surface area contributed by atoms with E-state index < -0.39 is 0 Å². The summed E-state index contributed by atoms with van der Waals surface area (Å²) in [7, 11) is 0. The summed E-state index contributed by atoms with van der Waals surface area (Å²) >= 11 is 0.